The highest BCUT2D eigenvalue weighted by Crippen LogP contribution is 2.30. The van der Waals surface area contributed by atoms with Gasteiger partial charge in [0, 0.05) is 7.11 Å². The van der Waals surface area contributed by atoms with Gasteiger partial charge in [-0.05, 0) is 50.9 Å². The first kappa shape index (κ1) is 18.9. The molecular formula is C17H27ClN2O2. The normalized spacial score (nSPS) is 18.1. The Bertz CT molecular complexity index is 482. The lowest BCUT2D eigenvalue weighted by Gasteiger charge is -2.36. The Morgan fingerprint density at radius 2 is 2.00 bits per heavy atom. The average Bonchev–Trinajstić information content (AvgIpc) is 2.48. The zero-order chi connectivity index (χ0) is 15.3. The van der Waals surface area contributed by atoms with E-state index < -0.39 is 5.41 Å². The molecule has 1 atom stereocenters. The van der Waals surface area contributed by atoms with Gasteiger partial charge in [0.1, 0.15) is 0 Å². The van der Waals surface area contributed by atoms with E-state index in [-0.39, 0.29) is 24.4 Å². The minimum atomic E-state index is -0.392. The number of amides is 1. The van der Waals surface area contributed by atoms with Crippen LogP contribution < -0.4 is 10.6 Å². The third-order valence-corrected chi connectivity index (χ3v) is 4.47. The number of carbonyl (C=O) groups is 1. The molecule has 1 aliphatic heterocycles. The van der Waals surface area contributed by atoms with Gasteiger partial charge >= 0.3 is 0 Å². The predicted molar refractivity (Wildman–Crippen MR) is 91.4 cm³/mol. The van der Waals surface area contributed by atoms with Crippen molar-refractivity contribution in [1.29, 1.82) is 0 Å². The van der Waals surface area contributed by atoms with Crippen LogP contribution in [0.5, 0.6) is 0 Å². The van der Waals surface area contributed by atoms with E-state index in [1.807, 2.05) is 19.1 Å². The molecule has 4 nitrogen and oxygen atoms in total. The van der Waals surface area contributed by atoms with Crippen LogP contribution in [-0.2, 0) is 9.53 Å². The highest BCUT2D eigenvalue weighted by atomic mass is 35.5. The molecule has 1 aromatic rings. The average molecular weight is 327 g/mol. The summed E-state index contributed by atoms with van der Waals surface area (Å²) in [5.41, 5.74) is 1.99. The Morgan fingerprint density at radius 3 is 2.59 bits per heavy atom. The van der Waals surface area contributed by atoms with Crippen molar-refractivity contribution in [2.75, 3.05) is 26.8 Å². The number of methoxy groups -OCH3 is 1. The Balaban J connectivity index is 0.00000242. The largest absolute Gasteiger partial charge is 0.384 e. The van der Waals surface area contributed by atoms with Crippen molar-refractivity contribution in [2.45, 2.75) is 32.7 Å². The summed E-state index contributed by atoms with van der Waals surface area (Å²) in [6.45, 7) is 6.35. The molecule has 0 aromatic heterocycles. The maximum absolute atomic E-state index is 12.8. The van der Waals surface area contributed by atoms with Crippen molar-refractivity contribution in [3.05, 3.63) is 35.4 Å². The summed E-state index contributed by atoms with van der Waals surface area (Å²) in [7, 11) is 1.67. The molecule has 0 radical (unpaired) electrons. The second kappa shape index (κ2) is 8.51. The van der Waals surface area contributed by atoms with Crippen molar-refractivity contribution < 1.29 is 9.53 Å². The van der Waals surface area contributed by atoms with Gasteiger partial charge in [0.15, 0.2) is 0 Å². The van der Waals surface area contributed by atoms with Gasteiger partial charge in [-0.2, -0.15) is 0 Å². The van der Waals surface area contributed by atoms with Gasteiger partial charge in [0.05, 0.1) is 18.1 Å². The summed E-state index contributed by atoms with van der Waals surface area (Å²) in [4.78, 5) is 12.8. The molecule has 1 amide bonds. The van der Waals surface area contributed by atoms with Gasteiger partial charge < -0.3 is 15.4 Å². The number of carbonyl (C=O) groups excluding carboxylic acids is 1. The number of hydrogen-bond donors (Lipinski definition) is 2. The summed E-state index contributed by atoms with van der Waals surface area (Å²) in [6, 6.07) is 8.20. The fourth-order valence-electron chi connectivity index (χ4n) is 3.12. The number of rotatable bonds is 5. The van der Waals surface area contributed by atoms with Crippen LogP contribution in [0.25, 0.3) is 0 Å². The molecule has 1 heterocycles. The molecule has 0 bridgehead atoms. The van der Waals surface area contributed by atoms with E-state index in [2.05, 4.69) is 29.7 Å². The molecule has 0 aliphatic carbocycles. The molecule has 1 saturated heterocycles. The first-order valence-electron chi connectivity index (χ1n) is 7.65. The number of halogens is 1. The molecule has 5 heteroatoms. The molecule has 2 N–H and O–H groups in total. The first-order valence-corrected chi connectivity index (χ1v) is 7.65. The second-order valence-corrected chi connectivity index (χ2v) is 6.02. The predicted octanol–water partition coefficient (Wildman–Crippen LogP) is 2.61. The molecule has 1 unspecified atom stereocenters. The van der Waals surface area contributed by atoms with Crippen LogP contribution in [0.4, 0.5) is 0 Å². The van der Waals surface area contributed by atoms with Gasteiger partial charge in [-0.15, -0.1) is 12.4 Å². The highest BCUT2D eigenvalue weighted by Gasteiger charge is 2.40. The van der Waals surface area contributed by atoms with Crippen molar-refractivity contribution in [1.82, 2.24) is 10.6 Å². The van der Waals surface area contributed by atoms with Gasteiger partial charge in [-0.1, -0.05) is 24.3 Å². The first-order chi connectivity index (χ1) is 10.1. The lowest BCUT2D eigenvalue weighted by molar-refractivity contribution is -0.136. The SMILES string of the molecule is COCC1(C(=O)NC(C)c2ccccc2C)CCNCC1.Cl. The molecule has 0 saturated carbocycles. The summed E-state index contributed by atoms with van der Waals surface area (Å²) < 4.78 is 5.33. The van der Waals surface area contributed by atoms with Crippen molar-refractivity contribution in [3.8, 4) is 0 Å². The second-order valence-electron chi connectivity index (χ2n) is 6.02. The number of benzene rings is 1. The van der Waals surface area contributed by atoms with E-state index in [0.717, 1.165) is 25.9 Å². The van der Waals surface area contributed by atoms with Crippen LogP contribution in [0.15, 0.2) is 24.3 Å². The van der Waals surface area contributed by atoms with E-state index in [9.17, 15) is 4.79 Å². The number of ether oxygens (including phenoxy) is 1. The van der Waals surface area contributed by atoms with Crippen LogP contribution in [0.1, 0.15) is 36.9 Å². The summed E-state index contributed by atoms with van der Waals surface area (Å²) >= 11 is 0. The zero-order valence-electron chi connectivity index (χ0n) is 13.6. The smallest absolute Gasteiger partial charge is 0.229 e. The van der Waals surface area contributed by atoms with E-state index >= 15 is 0 Å². The van der Waals surface area contributed by atoms with Gasteiger partial charge in [-0.25, -0.2) is 0 Å². The van der Waals surface area contributed by atoms with E-state index in [0.29, 0.717) is 6.61 Å². The number of aryl methyl sites for hydroxylation is 1. The lowest BCUT2D eigenvalue weighted by Crippen LogP contribution is -2.50. The minimum absolute atomic E-state index is 0. The highest BCUT2D eigenvalue weighted by molar-refractivity contribution is 5.85. The van der Waals surface area contributed by atoms with E-state index in [1.165, 1.54) is 11.1 Å². The van der Waals surface area contributed by atoms with Crippen LogP contribution in [0.3, 0.4) is 0 Å². The maximum atomic E-state index is 12.8. The third-order valence-electron chi connectivity index (χ3n) is 4.47. The molecule has 2 rings (SSSR count). The number of nitrogens with one attached hydrogen (secondary N) is 2. The topological polar surface area (TPSA) is 50.4 Å². The van der Waals surface area contributed by atoms with Gasteiger partial charge in [0.2, 0.25) is 5.91 Å². The Hall–Kier alpha value is -1.10. The number of piperidine rings is 1. The van der Waals surface area contributed by atoms with Crippen molar-refractivity contribution in [2.24, 2.45) is 5.41 Å². The van der Waals surface area contributed by atoms with Crippen LogP contribution >= 0.6 is 12.4 Å². The standard InChI is InChI=1S/C17H26N2O2.ClH/c1-13-6-4-5-7-15(13)14(2)19-16(20)17(12-21-3)8-10-18-11-9-17;/h4-7,14,18H,8-12H2,1-3H3,(H,19,20);1H. The van der Waals surface area contributed by atoms with Gasteiger partial charge in [0.25, 0.3) is 0 Å². The molecule has 1 aliphatic rings. The zero-order valence-corrected chi connectivity index (χ0v) is 14.5. The van der Waals surface area contributed by atoms with Gasteiger partial charge in [-0.3, -0.25) is 4.79 Å². The van der Waals surface area contributed by atoms with Crippen LogP contribution in [0.2, 0.25) is 0 Å². The fourth-order valence-corrected chi connectivity index (χ4v) is 3.12. The molecule has 1 aromatic carbocycles. The quantitative estimate of drug-likeness (QED) is 0.874. The number of hydrogen-bond acceptors (Lipinski definition) is 3. The Kier molecular flexibility index (Phi) is 7.33. The van der Waals surface area contributed by atoms with E-state index in [1.54, 1.807) is 7.11 Å². The molecule has 124 valence electrons. The Labute approximate surface area is 139 Å². The minimum Gasteiger partial charge on any atom is -0.384 e. The van der Waals surface area contributed by atoms with Crippen molar-refractivity contribution >= 4 is 18.3 Å². The monoisotopic (exact) mass is 326 g/mol. The van der Waals surface area contributed by atoms with Crippen LogP contribution in [0, 0.1) is 12.3 Å². The fraction of sp³-hybridized carbons (Fsp3) is 0.588. The Morgan fingerprint density at radius 1 is 1.36 bits per heavy atom. The van der Waals surface area contributed by atoms with E-state index in [4.69, 9.17) is 4.74 Å². The molecule has 0 spiro atoms. The summed E-state index contributed by atoms with van der Waals surface area (Å²) in [6.07, 6.45) is 1.65. The maximum Gasteiger partial charge on any atom is 0.229 e. The molecule has 1 fully saturated rings. The summed E-state index contributed by atoms with van der Waals surface area (Å²) in [5.74, 6) is 0.113. The lowest BCUT2D eigenvalue weighted by atomic mass is 9.78. The third kappa shape index (κ3) is 4.22. The summed E-state index contributed by atoms with van der Waals surface area (Å²) in [5, 5.41) is 6.50. The molecular weight excluding hydrogens is 300 g/mol. The van der Waals surface area contributed by atoms with Crippen LogP contribution in [-0.4, -0.2) is 32.7 Å². The van der Waals surface area contributed by atoms with Crippen molar-refractivity contribution in [3.63, 3.8) is 0 Å². The molecule has 22 heavy (non-hydrogen) atoms.